The van der Waals surface area contributed by atoms with Crippen molar-refractivity contribution < 1.29 is 0 Å². The zero-order chi connectivity index (χ0) is 20.6. The van der Waals surface area contributed by atoms with Crippen LogP contribution in [0, 0.1) is 0 Å². The number of hydrogen-bond acceptors (Lipinski definition) is 7. The predicted octanol–water partition coefficient (Wildman–Crippen LogP) is 3.90. The molecule has 0 amide bonds. The van der Waals surface area contributed by atoms with Crippen molar-refractivity contribution in [1.29, 1.82) is 0 Å². The molecule has 29 heavy (non-hydrogen) atoms. The maximum absolute atomic E-state index is 6.35. The Morgan fingerprint density at radius 3 is 2.79 bits per heavy atom. The molecule has 9 heteroatoms. The van der Waals surface area contributed by atoms with E-state index in [0.29, 0.717) is 22.7 Å². The second-order valence-corrected chi connectivity index (χ2v) is 8.83. The van der Waals surface area contributed by atoms with Gasteiger partial charge in [-0.25, -0.2) is 19.6 Å². The van der Waals surface area contributed by atoms with Crippen LogP contribution >= 0.6 is 23.8 Å². The van der Waals surface area contributed by atoms with E-state index in [-0.39, 0.29) is 11.5 Å². The van der Waals surface area contributed by atoms with Crippen molar-refractivity contribution in [3.05, 3.63) is 40.7 Å². The molecule has 0 N–H and O–H groups in total. The molecule has 1 atom stereocenters. The third kappa shape index (κ3) is 4.01. The van der Waals surface area contributed by atoms with Crippen LogP contribution < -0.4 is 4.90 Å². The van der Waals surface area contributed by atoms with Gasteiger partial charge in [0, 0.05) is 23.5 Å². The lowest BCUT2D eigenvalue weighted by Crippen LogP contribution is -2.25. The highest BCUT2D eigenvalue weighted by Crippen LogP contribution is 2.30. The van der Waals surface area contributed by atoms with Crippen LogP contribution in [0.4, 0.5) is 5.82 Å². The first kappa shape index (κ1) is 19.9. The number of aromatic nitrogens is 5. The molecule has 1 aromatic carbocycles. The summed E-state index contributed by atoms with van der Waals surface area (Å²) in [4.78, 5) is 16.1. The molecule has 2 aromatic heterocycles. The number of anilines is 1. The van der Waals surface area contributed by atoms with Crippen LogP contribution in [0.15, 0.2) is 29.3 Å². The summed E-state index contributed by atoms with van der Waals surface area (Å²) in [6.07, 6.45) is 0.910. The molecule has 4 rings (SSSR count). The van der Waals surface area contributed by atoms with Gasteiger partial charge < -0.3 is 4.90 Å². The van der Waals surface area contributed by atoms with Gasteiger partial charge in [-0.05, 0) is 30.3 Å². The van der Waals surface area contributed by atoms with E-state index in [4.69, 9.17) is 33.8 Å². The maximum Gasteiger partial charge on any atom is 0.184 e. The molecule has 0 saturated carbocycles. The van der Waals surface area contributed by atoms with Gasteiger partial charge in [0.1, 0.15) is 5.82 Å². The molecular formula is C20H22ClN7S. The molecule has 7 nitrogen and oxygen atoms in total. The van der Waals surface area contributed by atoms with E-state index in [0.717, 1.165) is 36.7 Å². The first-order valence-corrected chi connectivity index (χ1v) is 10.3. The second-order valence-electron chi connectivity index (χ2n) is 8.24. The van der Waals surface area contributed by atoms with Crippen LogP contribution in [0.3, 0.4) is 0 Å². The minimum absolute atomic E-state index is 0.133. The van der Waals surface area contributed by atoms with Crippen LogP contribution in [0.1, 0.15) is 38.6 Å². The standard InChI is InChI=1S/C20H22ClN7S/c1-20(2,3)19-23-17(27-9-8-14(11-27)22-12-29)16-18(24-19)28(26-25-16)10-13-6-4-5-7-15(13)21/h4-7,14H,8-11H2,1-3H3. The van der Waals surface area contributed by atoms with Crippen molar-refractivity contribution >= 4 is 46.0 Å². The SMILES string of the molecule is CC(C)(C)c1nc(N2CCC(N=C=S)C2)c2nnn(Cc3ccccc3Cl)c2n1. The highest BCUT2D eigenvalue weighted by molar-refractivity contribution is 7.78. The number of rotatable bonds is 4. The molecule has 1 aliphatic rings. The summed E-state index contributed by atoms with van der Waals surface area (Å²) >= 11 is 11.1. The predicted molar refractivity (Wildman–Crippen MR) is 118 cm³/mol. The van der Waals surface area contributed by atoms with Crippen molar-refractivity contribution in [3.8, 4) is 0 Å². The maximum atomic E-state index is 6.35. The van der Waals surface area contributed by atoms with Crippen molar-refractivity contribution in [2.24, 2.45) is 4.99 Å². The molecule has 3 aromatic rings. The number of nitrogens with zero attached hydrogens (tertiary/aromatic N) is 7. The molecule has 0 bridgehead atoms. The summed E-state index contributed by atoms with van der Waals surface area (Å²) in [5, 5.41) is 12.0. The van der Waals surface area contributed by atoms with Gasteiger partial charge in [0.2, 0.25) is 0 Å². The summed E-state index contributed by atoms with van der Waals surface area (Å²) in [5.41, 5.74) is 2.15. The average Bonchev–Trinajstić information content (AvgIpc) is 3.30. The second kappa shape index (κ2) is 7.78. The number of halogens is 1. The Bertz CT molecular complexity index is 1100. The van der Waals surface area contributed by atoms with Gasteiger partial charge in [-0.2, -0.15) is 0 Å². The fourth-order valence-corrected chi connectivity index (χ4v) is 3.75. The van der Waals surface area contributed by atoms with Gasteiger partial charge in [0.05, 0.1) is 17.7 Å². The van der Waals surface area contributed by atoms with Crippen LogP contribution in [0.2, 0.25) is 5.02 Å². The smallest absolute Gasteiger partial charge is 0.184 e. The van der Waals surface area contributed by atoms with Gasteiger partial charge in [0.15, 0.2) is 17.0 Å². The number of isothiocyanates is 1. The van der Waals surface area contributed by atoms with Crippen LogP contribution in [0.5, 0.6) is 0 Å². The van der Waals surface area contributed by atoms with Gasteiger partial charge in [0.25, 0.3) is 0 Å². The summed E-state index contributed by atoms with van der Waals surface area (Å²) < 4.78 is 1.79. The summed E-state index contributed by atoms with van der Waals surface area (Å²) in [7, 11) is 0. The number of fused-ring (bicyclic) bond motifs is 1. The first-order chi connectivity index (χ1) is 13.9. The molecule has 1 aliphatic heterocycles. The van der Waals surface area contributed by atoms with Gasteiger partial charge in [-0.1, -0.05) is 55.8 Å². The Morgan fingerprint density at radius 1 is 1.28 bits per heavy atom. The van der Waals surface area contributed by atoms with E-state index >= 15 is 0 Å². The Morgan fingerprint density at radius 2 is 2.07 bits per heavy atom. The topological polar surface area (TPSA) is 72.1 Å². The summed E-state index contributed by atoms with van der Waals surface area (Å²) in [6.45, 7) is 8.36. The highest BCUT2D eigenvalue weighted by atomic mass is 35.5. The van der Waals surface area contributed by atoms with Gasteiger partial charge in [-0.15, -0.1) is 5.10 Å². The molecule has 3 heterocycles. The fraction of sp³-hybridized carbons (Fsp3) is 0.450. The summed E-state index contributed by atoms with van der Waals surface area (Å²) in [5.74, 6) is 1.55. The average molecular weight is 428 g/mol. The van der Waals surface area contributed by atoms with E-state index in [1.165, 1.54) is 0 Å². The number of thiocarbonyl (C=S) groups is 1. The minimum atomic E-state index is -0.214. The zero-order valence-corrected chi connectivity index (χ0v) is 18.2. The Labute approximate surface area is 179 Å². The Kier molecular flexibility index (Phi) is 5.34. The third-order valence-electron chi connectivity index (χ3n) is 4.99. The van der Waals surface area contributed by atoms with Crippen LogP contribution in [0.25, 0.3) is 11.2 Å². The molecule has 1 unspecified atom stereocenters. The molecule has 1 saturated heterocycles. The zero-order valence-electron chi connectivity index (χ0n) is 16.6. The van der Waals surface area contributed by atoms with E-state index in [9.17, 15) is 0 Å². The molecule has 0 radical (unpaired) electrons. The Balaban J connectivity index is 1.80. The van der Waals surface area contributed by atoms with Crippen LogP contribution in [-0.4, -0.2) is 49.3 Å². The molecule has 1 fully saturated rings. The first-order valence-electron chi connectivity index (χ1n) is 9.54. The normalized spacial score (nSPS) is 17.0. The lowest BCUT2D eigenvalue weighted by molar-refractivity contribution is 0.545. The van der Waals surface area contributed by atoms with E-state index < -0.39 is 0 Å². The van der Waals surface area contributed by atoms with E-state index in [2.05, 4.69) is 46.1 Å². The van der Waals surface area contributed by atoms with Crippen molar-refractivity contribution in [3.63, 3.8) is 0 Å². The monoisotopic (exact) mass is 427 g/mol. The van der Waals surface area contributed by atoms with Crippen LogP contribution in [-0.2, 0) is 12.0 Å². The van der Waals surface area contributed by atoms with E-state index in [1.807, 2.05) is 24.3 Å². The number of aliphatic imine (C=N–C) groups is 1. The lowest BCUT2D eigenvalue weighted by atomic mass is 9.96. The van der Waals surface area contributed by atoms with Gasteiger partial charge in [-0.3, -0.25) is 0 Å². The summed E-state index contributed by atoms with van der Waals surface area (Å²) in [6, 6.07) is 7.86. The molecular weight excluding hydrogens is 406 g/mol. The van der Waals surface area contributed by atoms with Crippen molar-refractivity contribution in [1.82, 2.24) is 25.0 Å². The Hall–Kier alpha value is -2.41. The highest BCUT2D eigenvalue weighted by Gasteiger charge is 2.29. The third-order valence-corrected chi connectivity index (χ3v) is 5.47. The fourth-order valence-electron chi connectivity index (χ4n) is 3.41. The van der Waals surface area contributed by atoms with Gasteiger partial charge >= 0.3 is 0 Å². The molecule has 0 aliphatic carbocycles. The van der Waals surface area contributed by atoms with Crippen molar-refractivity contribution in [2.75, 3.05) is 18.0 Å². The molecule has 0 spiro atoms. The largest absolute Gasteiger partial charge is 0.352 e. The minimum Gasteiger partial charge on any atom is -0.352 e. The number of benzene rings is 1. The number of hydrogen-bond donors (Lipinski definition) is 0. The lowest BCUT2D eigenvalue weighted by Gasteiger charge is -2.22. The molecule has 150 valence electrons. The van der Waals surface area contributed by atoms with Crippen molar-refractivity contribution in [2.45, 2.75) is 45.2 Å². The van der Waals surface area contributed by atoms with E-state index in [1.54, 1.807) is 4.68 Å². The quantitative estimate of drug-likeness (QED) is 0.464.